The summed E-state index contributed by atoms with van der Waals surface area (Å²) < 4.78 is 0. The van der Waals surface area contributed by atoms with Crippen LogP contribution in [0.5, 0.6) is 0 Å². The first-order chi connectivity index (χ1) is 8.27. The van der Waals surface area contributed by atoms with E-state index in [9.17, 15) is 0 Å². The highest BCUT2D eigenvalue weighted by molar-refractivity contribution is 6.31. The maximum atomic E-state index is 6.36. The zero-order chi connectivity index (χ0) is 11.8. The van der Waals surface area contributed by atoms with Crippen LogP contribution in [0.1, 0.15) is 31.2 Å². The van der Waals surface area contributed by atoms with Crippen LogP contribution in [0.3, 0.4) is 0 Å². The van der Waals surface area contributed by atoms with Crippen LogP contribution in [-0.2, 0) is 6.42 Å². The van der Waals surface area contributed by atoms with E-state index in [-0.39, 0.29) is 6.04 Å². The maximum Gasteiger partial charge on any atom is 0.0621 e. The highest BCUT2D eigenvalue weighted by Crippen LogP contribution is 2.56. The number of hydrogen-bond acceptors (Lipinski definition) is 2. The second-order valence-electron chi connectivity index (χ2n) is 5.52. The van der Waals surface area contributed by atoms with Gasteiger partial charge in [-0.15, -0.1) is 0 Å². The molecule has 0 radical (unpaired) electrons. The van der Waals surface area contributed by atoms with Gasteiger partial charge in [0.15, 0.2) is 0 Å². The molecule has 0 amide bonds. The third kappa shape index (κ3) is 2.21. The summed E-state index contributed by atoms with van der Waals surface area (Å²) in [5.41, 5.74) is 7.51. The number of rotatable bonds is 3. The van der Waals surface area contributed by atoms with Crippen LogP contribution in [-0.4, -0.2) is 11.0 Å². The quantitative estimate of drug-likeness (QED) is 0.896. The van der Waals surface area contributed by atoms with Crippen LogP contribution in [0.2, 0.25) is 5.02 Å². The molecular weight excluding hydrogens is 232 g/mol. The van der Waals surface area contributed by atoms with Crippen molar-refractivity contribution in [1.82, 2.24) is 4.98 Å². The fraction of sp³-hybridized carbons (Fsp3) is 0.643. The first-order valence-corrected chi connectivity index (χ1v) is 6.99. The van der Waals surface area contributed by atoms with Crippen molar-refractivity contribution in [3.05, 3.63) is 29.0 Å². The molecule has 1 aromatic heterocycles. The Kier molecular flexibility index (Phi) is 3.10. The van der Waals surface area contributed by atoms with E-state index in [1.807, 2.05) is 6.07 Å². The average molecular weight is 251 g/mol. The number of fused-ring (bicyclic) bond motifs is 1. The first-order valence-electron chi connectivity index (χ1n) is 6.61. The lowest BCUT2D eigenvalue weighted by Crippen LogP contribution is -2.27. The third-order valence-corrected chi connectivity index (χ3v) is 4.87. The average Bonchev–Trinajstić information content (AvgIpc) is 3.06. The molecule has 2 aliphatic rings. The molecule has 3 heteroatoms. The third-order valence-electron chi connectivity index (χ3n) is 4.53. The largest absolute Gasteiger partial charge is 0.327 e. The van der Waals surface area contributed by atoms with Crippen molar-refractivity contribution in [2.24, 2.45) is 23.5 Å². The lowest BCUT2D eigenvalue weighted by molar-refractivity contribution is 0.480. The Balaban J connectivity index is 1.64. The summed E-state index contributed by atoms with van der Waals surface area (Å²) in [6, 6.07) is 2.27. The van der Waals surface area contributed by atoms with Gasteiger partial charge < -0.3 is 5.73 Å². The van der Waals surface area contributed by atoms with Gasteiger partial charge in [-0.05, 0) is 48.6 Å². The van der Waals surface area contributed by atoms with Crippen LogP contribution in [0.25, 0.3) is 0 Å². The molecule has 0 aliphatic heterocycles. The van der Waals surface area contributed by atoms with Gasteiger partial charge in [-0.2, -0.15) is 0 Å². The zero-order valence-electron chi connectivity index (χ0n) is 9.98. The SMILES string of the molecule is NC(Cc1ccncc1Cl)C1C2CCCCC21. The Morgan fingerprint density at radius 3 is 2.71 bits per heavy atom. The van der Waals surface area contributed by atoms with Crippen molar-refractivity contribution in [3.8, 4) is 0 Å². The van der Waals surface area contributed by atoms with Crippen LogP contribution in [0.4, 0.5) is 0 Å². The zero-order valence-corrected chi connectivity index (χ0v) is 10.7. The smallest absolute Gasteiger partial charge is 0.0621 e. The molecule has 92 valence electrons. The summed E-state index contributed by atoms with van der Waals surface area (Å²) in [6.07, 6.45) is 10.0. The first kappa shape index (κ1) is 11.5. The van der Waals surface area contributed by atoms with E-state index >= 15 is 0 Å². The molecule has 17 heavy (non-hydrogen) atoms. The van der Waals surface area contributed by atoms with Crippen LogP contribution >= 0.6 is 11.6 Å². The molecule has 2 aliphatic carbocycles. The molecule has 0 aromatic carbocycles. The standard InChI is InChI=1S/C14H19ClN2/c15-12-8-17-6-5-9(12)7-13(16)14-10-3-1-2-4-11(10)14/h5-6,8,10-11,13-14H,1-4,7,16H2. The minimum Gasteiger partial charge on any atom is -0.327 e. The minimum atomic E-state index is 0.281. The van der Waals surface area contributed by atoms with Crippen molar-refractivity contribution in [2.75, 3.05) is 0 Å². The Hall–Kier alpha value is -0.600. The predicted octanol–water partition coefficient (Wildman–Crippen LogP) is 3.04. The van der Waals surface area contributed by atoms with Gasteiger partial charge in [0.25, 0.3) is 0 Å². The molecule has 3 unspecified atom stereocenters. The lowest BCUT2D eigenvalue weighted by Gasteiger charge is -2.12. The number of aromatic nitrogens is 1. The second-order valence-corrected chi connectivity index (χ2v) is 5.93. The van der Waals surface area contributed by atoms with Gasteiger partial charge in [-0.1, -0.05) is 24.4 Å². The maximum absolute atomic E-state index is 6.36. The van der Waals surface area contributed by atoms with Gasteiger partial charge in [0, 0.05) is 18.4 Å². The highest BCUT2D eigenvalue weighted by atomic mass is 35.5. The summed E-state index contributed by atoms with van der Waals surface area (Å²) >= 11 is 6.13. The molecule has 0 spiro atoms. The van der Waals surface area contributed by atoms with Crippen molar-refractivity contribution in [1.29, 1.82) is 0 Å². The van der Waals surface area contributed by atoms with Crippen LogP contribution in [0.15, 0.2) is 18.5 Å². The molecule has 0 saturated heterocycles. The van der Waals surface area contributed by atoms with Crippen molar-refractivity contribution < 1.29 is 0 Å². The highest BCUT2D eigenvalue weighted by Gasteiger charge is 2.52. The van der Waals surface area contributed by atoms with Crippen molar-refractivity contribution in [2.45, 2.75) is 38.1 Å². The van der Waals surface area contributed by atoms with E-state index in [1.165, 1.54) is 25.7 Å². The van der Waals surface area contributed by atoms with E-state index in [4.69, 9.17) is 17.3 Å². The summed E-state index contributed by atoms with van der Waals surface area (Å²) in [6.45, 7) is 0. The summed E-state index contributed by atoms with van der Waals surface area (Å²) in [5.74, 6) is 2.58. The molecule has 0 bridgehead atoms. The predicted molar refractivity (Wildman–Crippen MR) is 69.9 cm³/mol. The van der Waals surface area contributed by atoms with Gasteiger partial charge in [-0.25, -0.2) is 0 Å². The van der Waals surface area contributed by atoms with Gasteiger partial charge in [-0.3, -0.25) is 4.98 Å². The van der Waals surface area contributed by atoms with E-state index in [0.717, 1.165) is 34.8 Å². The fourth-order valence-electron chi connectivity index (χ4n) is 3.64. The molecule has 3 rings (SSSR count). The number of nitrogens with zero attached hydrogens (tertiary/aromatic N) is 1. The Morgan fingerprint density at radius 1 is 1.35 bits per heavy atom. The molecule has 2 N–H and O–H groups in total. The van der Waals surface area contributed by atoms with Gasteiger partial charge in [0.1, 0.15) is 0 Å². The molecule has 1 heterocycles. The number of nitrogens with two attached hydrogens (primary N) is 1. The van der Waals surface area contributed by atoms with Gasteiger partial charge >= 0.3 is 0 Å². The van der Waals surface area contributed by atoms with Crippen LogP contribution in [0, 0.1) is 17.8 Å². The monoisotopic (exact) mass is 250 g/mol. The molecule has 2 fully saturated rings. The molecule has 2 nitrogen and oxygen atoms in total. The second kappa shape index (κ2) is 4.58. The summed E-state index contributed by atoms with van der Waals surface area (Å²) in [4.78, 5) is 4.01. The molecule has 1 aromatic rings. The van der Waals surface area contributed by atoms with Crippen molar-refractivity contribution in [3.63, 3.8) is 0 Å². The fourth-order valence-corrected chi connectivity index (χ4v) is 3.84. The van der Waals surface area contributed by atoms with Crippen molar-refractivity contribution >= 4 is 11.6 Å². The molecule has 3 atom stereocenters. The normalized spacial score (nSPS) is 32.9. The molecule has 2 saturated carbocycles. The van der Waals surface area contributed by atoms with E-state index in [0.29, 0.717) is 0 Å². The Morgan fingerprint density at radius 2 is 2.06 bits per heavy atom. The minimum absolute atomic E-state index is 0.281. The Labute approximate surface area is 108 Å². The van der Waals surface area contributed by atoms with E-state index in [2.05, 4.69) is 4.98 Å². The van der Waals surface area contributed by atoms with Gasteiger partial charge in [0.05, 0.1) is 5.02 Å². The Bertz CT molecular complexity index is 395. The van der Waals surface area contributed by atoms with E-state index in [1.54, 1.807) is 12.4 Å². The number of pyridine rings is 1. The van der Waals surface area contributed by atoms with Crippen LogP contribution < -0.4 is 5.73 Å². The number of hydrogen-bond donors (Lipinski definition) is 1. The van der Waals surface area contributed by atoms with E-state index < -0.39 is 0 Å². The lowest BCUT2D eigenvalue weighted by atomic mass is 10.0. The topological polar surface area (TPSA) is 38.9 Å². The number of halogens is 1. The molecular formula is C14H19ClN2. The summed E-state index contributed by atoms with van der Waals surface area (Å²) in [5, 5.41) is 0.756. The van der Waals surface area contributed by atoms with Gasteiger partial charge in [0.2, 0.25) is 0 Å². The summed E-state index contributed by atoms with van der Waals surface area (Å²) in [7, 11) is 0.